The molecular formula is C26H32F3N3O3S. The number of ether oxygens (including phenoxy) is 2. The Balaban J connectivity index is 2.26. The fourth-order valence-corrected chi connectivity index (χ4v) is 4.17. The van der Waals surface area contributed by atoms with Crippen molar-refractivity contribution in [2.45, 2.75) is 56.8 Å². The zero-order valence-corrected chi connectivity index (χ0v) is 21.5. The number of methoxy groups -OCH3 is 2. The van der Waals surface area contributed by atoms with Gasteiger partial charge in [0.1, 0.15) is 5.69 Å². The number of aromatic nitrogens is 2. The maximum absolute atomic E-state index is 13.6. The Labute approximate surface area is 214 Å². The number of unbranched alkanes of at least 4 members (excludes halogenated alkanes) is 4. The van der Waals surface area contributed by atoms with Gasteiger partial charge in [-0.2, -0.15) is 13.2 Å². The predicted molar refractivity (Wildman–Crippen MR) is 136 cm³/mol. The highest BCUT2D eigenvalue weighted by molar-refractivity contribution is 7.99. The predicted octanol–water partition coefficient (Wildman–Crippen LogP) is 6.46. The van der Waals surface area contributed by atoms with Crippen molar-refractivity contribution >= 4 is 23.7 Å². The Bertz CT molecular complexity index is 1040. The molecule has 2 aromatic rings. The Morgan fingerprint density at radius 1 is 1.06 bits per heavy atom. The summed E-state index contributed by atoms with van der Waals surface area (Å²) in [5, 5.41) is 2.46. The van der Waals surface area contributed by atoms with Crippen molar-refractivity contribution in [3.63, 3.8) is 0 Å². The lowest BCUT2D eigenvalue weighted by atomic mass is 10.1. The van der Waals surface area contributed by atoms with Crippen molar-refractivity contribution < 1.29 is 27.4 Å². The molecule has 0 fully saturated rings. The highest BCUT2D eigenvalue weighted by atomic mass is 32.2. The molecule has 36 heavy (non-hydrogen) atoms. The minimum absolute atomic E-state index is 0.0561. The fraction of sp³-hybridized carbons (Fsp3) is 0.423. The zero-order chi connectivity index (χ0) is 26.4. The molecule has 2 rings (SSSR count). The smallest absolute Gasteiger partial charge is 0.433 e. The van der Waals surface area contributed by atoms with Gasteiger partial charge in [-0.1, -0.05) is 62.6 Å². The van der Waals surface area contributed by atoms with Gasteiger partial charge in [-0.15, -0.1) is 0 Å². The van der Waals surface area contributed by atoms with Crippen LogP contribution in [-0.4, -0.2) is 36.4 Å². The van der Waals surface area contributed by atoms with Gasteiger partial charge in [-0.25, -0.2) is 9.97 Å². The number of rotatable bonds is 15. The van der Waals surface area contributed by atoms with Crippen LogP contribution in [0.15, 0.2) is 47.8 Å². The number of alkyl halides is 3. The molecule has 0 bridgehead atoms. The maximum atomic E-state index is 13.6. The molecule has 6 nitrogen and oxygen atoms in total. The van der Waals surface area contributed by atoms with E-state index in [2.05, 4.69) is 22.2 Å². The van der Waals surface area contributed by atoms with Crippen LogP contribution in [-0.2, 0) is 17.4 Å². The molecule has 1 aromatic carbocycles. The van der Waals surface area contributed by atoms with E-state index in [1.54, 1.807) is 25.3 Å². The second-order valence-electron chi connectivity index (χ2n) is 7.86. The Morgan fingerprint density at radius 3 is 2.47 bits per heavy atom. The second kappa shape index (κ2) is 15.2. The topological polar surface area (TPSA) is 73.3 Å². The first-order valence-corrected chi connectivity index (χ1v) is 12.7. The molecule has 1 N–H and O–H groups in total. The molecule has 1 heterocycles. The largest absolute Gasteiger partial charge is 0.493 e. The van der Waals surface area contributed by atoms with Gasteiger partial charge in [-0.3, -0.25) is 4.79 Å². The SMILES string of the molecule is CCCCCCCSc1nc(C(/C=C\Cc2ccc(OC)c(OC)c2)=C/NC=O)cc(C(F)(F)F)n1. The minimum Gasteiger partial charge on any atom is -0.493 e. The van der Waals surface area contributed by atoms with E-state index < -0.39 is 11.9 Å². The van der Waals surface area contributed by atoms with Gasteiger partial charge in [-0.05, 0) is 36.6 Å². The maximum Gasteiger partial charge on any atom is 0.433 e. The highest BCUT2D eigenvalue weighted by Crippen LogP contribution is 2.32. The van der Waals surface area contributed by atoms with E-state index in [9.17, 15) is 18.0 Å². The van der Waals surface area contributed by atoms with Crippen molar-refractivity contribution in [1.82, 2.24) is 15.3 Å². The van der Waals surface area contributed by atoms with Gasteiger partial charge in [0.2, 0.25) is 6.41 Å². The third-order valence-corrected chi connectivity index (χ3v) is 6.11. The number of amides is 1. The van der Waals surface area contributed by atoms with Crippen LogP contribution in [0.3, 0.4) is 0 Å². The lowest BCUT2D eigenvalue weighted by Crippen LogP contribution is -2.11. The van der Waals surface area contributed by atoms with Gasteiger partial charge in [0.05, 0.1) is 19.9 Å². The van der Waals surface area contributed by atoms with Crippen LogP contribution in [0.25, 0.3) is 5.57 Å². The number of thioether (sulfide) groups is 1. The number of hydrogen-bond acceptors (Lipinski definition) is 6. The number of nitrogens with zero attached hydrogens (tertiary/aromatic N) is 2. The van der Waals surface area contributed by atoms with E-state index in [1.807, 2.05) is 12.1 Å². The number of hydrogen-bond donors (Lipinski definition) is 1. The van der Waals surface area contributed by atoms with Gasteiger partial charge in [0.25, 0.3) is 0 Å². The fourth-order valence-electron chi connectivity index (χ4n) is 3.31. The summed E-state index contributed by atoms with van der Waals surface area (Å²) < 4.78 is 51.2. The van der Waals surface area contributed by atoms with Crippen molar-refractivity contribution in [2.24, 2.45) is 0 Å². The highest BCUT2D eigenvalue weighted by Gasteiger charge is 2.34. The first kappa shape index (κ1) is 29.2. The van der Waals surface area contributed by atoms with Crippen LogP contribution >= 0.6 is 11.8 Å². The molecule has 1 aromatic heterocycles. The molecule has 1 amide bonds. The molecule has 0 aliphatic heterocycles. The van der Waals surface area contributed by atoms with E-state index in [0.29, 0.717) is 35.7 Å². The van der Waals surface area contributed by atoms with Gasteiger partial charge in [0, 0.05) is 17.5 Å². The molecular weight excluding hydrogens is 491 g/mol. The number of carbonyl (C=O) groups is 1. The summed E-state index contributed by atoms with van der Waals surface area (Å²) in [5.41, 5.74) is 0.278. The lowest BCUT2D eigenvalue weighted by Gasteiger charge is -2.11. The van der Waals surface area contributed by atoms with Crippen LogP contribution in [0.2, 0.25) is 0 Å². The molecule has 10 heteroatoms. The van der Waals surface area contributed by atoms with Gasteiger partial charge in [0.15, 0.2) is 16.7 Å². The Hall–Kier alpha value is -3.01. The van der Waals surface area contributed by atoms with Crippen molar-refractivity contribution in [2.75, 3.05) is 20.0 Å². The third-order valence-electron chi connectivity index (χ3n) is 5.18. The van der Waals surface area contributed by atoms with Crippen LogP contribution in [0, 0.1) is 0 Å². The first-order valence-electron chi connectivity index (χ1n) is 11.7. The third kappa shape index (κ3) is 9.56. The molecule has 0 spiro atoms. The van der Waals surface area contributed by atoms with Crippen molar-refractivity contribution in [3.05, 3.63) is 59.6 Å². The normalized spacial score (nSPS) is 12.1. The van der Waals surface area contributed by atoms with Crippen LogP contribution < -0.4 is 14.8 Å². The number of carbonyl (C=O) groups excluding carboxylic acids is 1. The summed E-state index contributed by atoms with van der Waals surface area (Å²) >= 11 is 1.20. The van der Waals surface area contributed by atoms with Crippen molar-refractivity contribution in [3.8, 4) is 11.5 Å². The lowest BCUT2D eigenvalue weighted by molar-refractivity contribution is -0.141. The van der Waals surface area contributed by atoms with E-state index in [0.717, 1.165) is 43.7 Å². The zero-order valence-electron chi connectivity index (χ0n) is 20.7. The number of halogens is 3. The standard InChI is InChI=1S/C26H32F3N3O3S/c1-4-5-6-7-8-14-36-25-31-21(16-24(32-25)26(27,28)29)20(17-30-18-33)11-9-10-19-12-13-22(34-2)23(15-19)35-3/h9,11-13,15-18H,4-8,10,14H2,1-3H3,(H,30,33)/b11-9-,20-17+. The number of benzene rings is 1. The summed E-state index contributed by atoms with van der Waals surface area (Å²) in [6.45, 7) is 2.12. The Kier molecular flexibility index (Phi) is 12.3. The number of nitrogens with one attached hydrogen (secondary N) is 1. The summed E-state index contributed by atoms with van der Waals surface area (Å²) in [6, 6.07) is 6.35. The van der Waals surface area contributed by atoms with Crippen molar-refractivity contribution in [1.29, 1.82) is 0 Å². The van der Waals surface area contributed by atoms with Crippen LogP contribution in [0.1, 0.15) is 56.0 Å². The van der Waals surface area contributed by atoms with Gasteiger partial charge < -0.3 is 14.8 Å². The Morgan fingerprint density at radius 2 is 1.81 bits per heavy atom. The van der Waals surface area contributed by atoms with E-state index in [4.69, 9.17) is 9.47 Å². The second-order valence-corrected chi connectivity index (χ2v) is 8.92. The average Bonchev–Trinajstić information content (AvgIpc) is 2.87. The summed E-state index contributed by atoms with van der Waals surface area (Å²) in [5.74, 6) is 1.80. The van der Waals surface area contributed by atoms with Gasteiger partial charge >= 0.3 is 6.18 Å². The summed E-state index contributed by atoms with van der Waals surface area (Å²) in [7, 11) is 3.09. The molecule has 0 aliphatic carbocycles. The minimum atomic E-state index is -4.62. The molecule has 0 saturated heterocycles. The number of allylic oxidation sites excluding steroid dienone is 3. The first-order chi connectivity index (χ1) is 17.3. The molecule has 0 saturated carbocycles. The van der Waals surface area contributed by atoms with E-state index in [-0.39, 0.29) is 10.9 Å². The quantitative estimate of drug-likeness (QED) is 0.0950. The molecule has 196 valence electrons. The summed E-state index contributed by atoms with van der Waals surface area (Å²) in [6.07, 6.45) is 6.25. The van der Waals surface area contributed by atoms with E-state index in [1.165, 1.54) is 25.1 Å². The van der Waals surface area contributed by atoms with Crippen LogP contribution in [0.5, 0.6) is 11.5 Å². The molecule has 0 aliphatic rings. The summed E-state index contributed by atoms with van der Waals surface area (Å²) in [4.78, 5) is 19.0. The molecule has 0 radical (unpaired) electrons. The monoisotopic (exact) mass is 523 g/mol. The molecule has 0 atom stereocenters. The van der Waals surface area contributed by atoms with Crippen LogP contribution in [0.4, 0.5) is 13.2 Å². The molecule has 0 unspecified atom stereocenters. The van der Waals surface area contributed by atoms with E-state index >= 15 is 0 Å². The average molecular weight is 524 g/mol.